The highest BCUT2D eigenvalue weighted by molar-refractivity contribution is 5.15. The Morgan fingerprint density at radius 3 is 2.88 bits per heavy atom. The van der Waals surface area contributed by atoms with Crippen LogP contribution in [0.4, 0.5) is 0 Å². The highest BCUT2D eigenvalue weighted by Gasteiger charge is 2.45. The van der Waals surface area contributed by atoms with Crippen LogP contribution in [0.3, 0.4) is 0 Å². The number of hydrogen-bond donors (Lipinski definition) is 0. The number of rotatable bonds is 6. The van der Waals surface area contributed by atoms with Gasteiger partial charge < -0.3 is 9.30 Å². The van der Waals surface area contributed by atoms with Crippen molar-refractivity contribution < 1.29 is 4.74 Å². The van der Waals surface area contributed by atoms with Crippen LogP contribution >= 0.6 is 0 Å². The Bertz CT molecular complexity index is 677. The quantitative estimate of drug-likeness (QED) is 0.808. The topological polar surface area (TPSA) is 30.3 Å². The molecule has 2 fully saturated rings. The molecule has 2 aromatic rings. The van der Waals surface area contributed by atoms with Gasteiger partial charge in [-0.05, 0) is 44.2 Å². The van der Waals surface area contributed by atoms with Gasteiger partial charge in [0.25, 0.3) is 0 Å². The van der Waals surface area contributed by atoms with Gasteiger partial charge in [0.2, 0.25) is 0 Å². The largest absolute Gasteiger partial charge is 0.378 e. The summed E-state index contributed by atoms with van der Waals surface area (Å²) in [6.07, 6.45) is 10.4. The molecule has 0 N–H and O–H groups in total. The Morgan fingerprint density at radius 2 is 2.16 bits per heavy atom. The summed E-state index contributed by atoms with van der Waals surface area (Å²) in [5.41, 5.74) is 1.75. The Morgan fingerprint density at radius 1 is 1.28 bits per heavy atom. The van der Waals surface area contributed by atoms with E-state index in [-0.39, 0.29) is 0 Å². The highest BCUT2D eigenvalue weighted by Crippen LogP contribution is 2.43. The van der Waals surface area contributed by atoms with Crippen molar-refractivity contribution in [2.45, 2.75) is 44.8 Å². The van der Waals surface area contributed by atoms with Crippen molar-refractivity contribution in [3.8, 4) is 0 Å². The summed E-state index contributed by atoms with van der Waals surface area (Å²) < 4.78 is 8.32. The van der Waals surface area contributed by atoms with Crippen LogP contribution in [-0.2, 0) is 24.8 Å². The lowest BCUT2D eigenvalue weighted by molar-refractivity contribution is -0.00196. The van der Waals surface area contributed by atoms with E-state index in [1.165, 1.54) is 31.2 Å². The summed E-state index contributed by atoms with van der Waals surface area (Å²) in [5, 5.41) is 0. The molecule has 2 aliphatic rings. The van der Waals surface area contributed by atoms with Gasteiger partial charge in [-0.1, -0.05) is 30.3 Å². The lowest BCUT2D eigenvalue weighted by atomic mass is 9.75. The van der Waals surface area contributed by atoms with Crippen molar-refractivity contribution in [2.24, 2.45) is 12.5 Å². The van der Waals surface area contributed by atoms with Crippen LogP contribution in [0.25, 0.3) is 0 Å². The second-order valence-electron chi connectivity index (χ2n) is 7.76. The molecule has 0 amide bonds. The fraction of sp³-hybridized carbons (Fsp3) is 0.571. The third-order valence-electron chi connectivity index (χ3n) is 6.12. The zero-order valence-corrected chi connectivity index (χ0v) is 15.2. The number of nitrogens with zero attached hydrogens (tertiary/aromatic N) is 3. The van der Waals surface area contributed by atoms with E-state index in [2.05, 4.69) is 51.8 Å². The number of aryl methyl sites for hydroxylation is 2. The third kappa shape index (κ3) is 3.65. The second-order valence-corrected chi connectivity index (χ2v) is 7.76. The minimum Gasteiger partial charge on any atom is -0.378 e. The van der Waals surface area contributed by atoms with Gasteiger partial charge in [-0.2, -0.15) is 0 Å². The predicted molar refractivity (Wildman–Crippen MR) is 99.3 cm³/mol. The van der Waals surface area contributed by atoms with Crippen LogP contribution in [0.5, 0.6) is 0 Å². The number of likely N-dealkylation sites (tertiary alicyclic amines) is 1. The number of hydrogen-bond acceptors (Lipinski definition) is 3. The molecule has 2 unspecified atom stereocenters. The van der Waals surface area contributed by atoms with Gasteiger partial charge in [-0.25, -0.2) is 4.98 Å². The zero-order valence-electron chi connectivity index (χ0n) is 15.2. The van der Waals surface area contributed by atoms with Crippen molar-refractivity contribution in [3.63, 3.8) is 0 Å². The summed E-state index contributed by atoms with van der Waals surface area (Å²) in [7, 11) is 2.08. The first-order valence-corrected chi connectivity index (χ1v) is 9.59. The lowest BCUT2D eigenvalue weighted by Crippen LogP contribution is -2.38. The van der Waals surface area contributed by atoms with Gasteiger partial charge in [0, 0.05) is 38.0 Å². The Hall–Kier alpha value is -1.65. The molecule has 1 aromatic carbocycles. The maximum absolute atomic E-state index is 6.19. The number of imidazole rings is 1. The molecule has 0 spiro atoms. The van der Waals surface area contributed by atoms with E-state index < -0.39 is 0 Å². The molecule has 134 valence electrons. The number of benzene rings is 1. The average molecular weight is 339 g/mol. The van der Waals surface area contributed by atoms with E-state index in [1.54, 1.807) is 0 Å². The lowest BCUT2D eigenvalue weighted by Gasteiger charge is -2.35. The van der Waals surface area contributed by atoms with Gasteiger partial charge in [0.05, 0.1) is 12.6 Å². The fourth-order valence-corrected chi connectivity index (χ4v) is 4.59. The SMILES string of the molecule is Cn1ccnc1CN1CCC(CCc2ccccc2)(C2CCCO2)C1. The maximum Gasteiger partial charge on any atom is 0.122 e. The van der Waals surface area contributed by atoms with E-state index in [1.807, 2.05) is 12.4 Å². The van der Waals surface area contributed by atoms with Crippen molar-refractivity contribution >= 4 is 0 Å². The average Bonchev–Trinajstić information content (AvgIpc) is 3.37. The van der Waals surface area contributed by atoms with Gasteiger partial charge in [0.15, 0.2) is 0 Å². The molecule has 4 nitrogen and oxygen atoms in total. The molecule has 2 aliphatic heterocycles. The third-order valence-corrected chi connectivity index (χ3v) is 6.12. The van der Waals surface area contributed by atoms with Crippen molar-refractivity contribution in [3.05, 3.63) is 54.1 Å². The van der Waals surface area contributed by atoms with Crippen LogP contribution in [-0.4, -0.2) is 40.3 Å². The monoisotopic (exact) mass is 339 g/mol. The first-order chi connectivity index (χ1) is 12.3. The van der Waals surface area contributed by atoms with Crippen LogP contribution in [0.1, 0.15) is 37.1 Å². The van der Waals surface area contributed by atoms with E-state index in [9.17, 15) is 0 Å². The molecule has 1 aromatic heterocycles. The molecule has 4 heteroatoms. The summed E-state index contributed by atoms with van der Waals surface area (Å²) >= 11 is 0. The minimum atomic E-state index is 0.303. The first kappa shape index (κ1) is 16.8. The fourth-order valence-electron chi connectivity index (χ4n) is 4.59. The van der Waals surface area contributed by atoms with Crippen LogP contribution < -0.4 is 0 Å². The van der Waals surface area contributed by atoms with Gasteiger partial charge >= 0.3 is 0 Å². The minimum absolute atomic E-state index is 0.303. The summed E-state index contributed by atoms with van der Waals surface area (Å²) in [4.78, 5) is 7.09. The van der Waals surface area contributed by atoms with E-state index >= 15 is 0 Å². The van der Waals surface area contributed by atoms with Gasteiger partial charge in [-0.3, -0.25) is 4.90 Å². The van der Waals surface area contributed by atoms with Crippen LogP contribution in [0.2, 0.25) is 0 Å². The van der Waals surface area contributed by atoms with E-state index in [0.717, 1.165) is 38.5 Å². The molecule has 0 radical (unpaired) electrons. The first-order valence-electron chi connectivity index (χ1n) is 9.59. The molecular weight excluding hydrogens is 310 g/mol. The van der Waals surface area contributed by atoms with E-state index in [0.29, 0.717) is 11.5 Å². The summed E-state index contributed by atoms with van der Waals surface area (Å²) in [6.45, 7) is 4.18. The zero-order chi connectivity index (χ0) is 17.1. The van der Waals surface area contributed by atoms with Gasteiger partial charge in [-0.15, -0.1) is 0 Å². The summed E-state index contributed by atoms with van der Waals surface area (Å²) in [5.74, 6) is 1.16. The standard InChI is InChI=1S/C21H29N3O/c1-23-14-12-22-20(23)16-24-13-11-21(17-24,19-8-5-15-25-19)10-9-18-6-3-2-4-7-18/h2-4,6-7,12,14,19H,5,8-11,13,15-17H2,1H3. The Labute approximate surface area is 150 Å². The van der Waals surface area contributed by atoms with Crippen molar-refractivity contribution in [1.29, 1.82) is 0 Å². The number of ether oxygens (including phenoxy) is 1. The smallest absolute Gasteiger partial charge is 0.122 e. The molecular formula is C21H29N3O. The maximum atomic E-state index is 6.19. The molecule has 25 heavy (non-hydrogen) atoms. The highest BCUT2D eigenvalue weighted by atomic mass is 16.5. The van der Waals surface area contributed by atoms with Crippen LogP contribution in [0, 0.1) is 5.41 Å². The second kappa shape index (κ2) is 7.30. The molecule has 2 atom stereocenters. The molecule has 2 saturated heterocycles. The van der Waals surface area contributed by atoms with Crippen molar-refractivity contribution in [1.82, 2.24) is 14.5 Å². The Kier molecular flexibility index (Phi) is 4.91. The summed E-state index contributed by atoms with van der Waals surface area (Å²) in [6, 6.07) is 10.9. The predicted octanol–water partition coefficient (Wildman–Crippen LogP) is 3.42. The molecule has 3 heterocycles. The molecule has 0 aliphatic carbocycles. The molecule has 0 bridgehead atoms. The normalized spacial score (nSPS) is 27.2. The van der Waals surface area contributed by atoms with Crippen molar-refractivity contribution in [2.75, 3.05) is 19.7 Å². The van der Waals surface area contributed by atoms with E-state index in [4.69, 9.17) is 4.74 Å². The molecule has 0 saturated carbocycles. The number of aromatic nitrogens is 2. The van der Waals surface area contributed by atoms with Gasteiger partial charge in [0.1, 0.15) is 5.82 Å². The molecule has 4 rings (SSSR count). The van der Waals surface area contributed by atoms with Crippen LogP contribution in [0.15, 0.2) is 42.7 Å². The Balaban J connectivity index is 1.46.